The van der Waals surface area contributed by atoms with Crippen LogP contribution in [0.1, 0.15) is 10.5 Å². The fraction of sp³-hybridized carbons (Fsp3) is 0.167. The summed E-state index contributed by atoms with van der Waals surface area (Å²) in [5.74, 6) is -0.644. The minimum Gasteiger partial charge on any atom is -0.464 e. The molecule has 1 heterocycles. The Morgan fingerprint density at radius 2 is 2.23 bits per heavy atom. The van der Waals surface area contributed by atoms with Gasteiger partial charge in [0.25, 0.3) is 0 Å². The van der Waals surface area contributed by atoms with E-state index < -0.39 is 16.0 Å². The summed E-state index contributed by atoms with van der Waals surface area (Å²) in [7, 11) is -2.57. The van der Waals surface area contributed by atoms with Gasteiger partial charge in [-0.15, -0.1) is 0 Å². The van der Waals surface area contributed by atoms with E-state index in [1.54, 1.807) is 0 Å². The third-order valence-electron chi connectivity index (χ3n) is 1.39. The molecule has 1 rings (SSSR count). The van der Waals surface area contributed by atoms with Crippen molar-refractivity contribution in [2.45, 2.75) is 4.90 Å². The van der Waals surface area contributed by atoms with E-state index in [0.717, 1.165) is 12.3 Å². The van der Waals surface area contributed by atoms with Gasteiger partial charge in [0.05, 0.1) is 7.11 Å². The Balaban J connectivity index is 3.07. The molecule has 0 fully saturated rings. The summed E-state index contributed by atoms with van der Waals surface area (Å²) >= 11 is 0. The van der Waals surface area contributed by atoms with Crippen LogP contribution in [-0.2, 0) is 14.8 Å². The van der Waals surface area contributed by atoms with Crippen LogP contribution in [0, 0.1) is 0 Å². The lowest BCUT2D eigenvalue weighted by atomic mass is 10.4. The molecule has 0 saturated heterocycles. The fourth-order valence-corrected chi connectivity index (χ4v) is 1.27. The summed E-state index contributed by atoms with van der Waals surface area (Å²) in [4.78, 5) is 13.1. The number of methoxy groups -OCH3 is 1. The van der Waals surface area contributed by atoms with Crippen LogP contribution in [0.3, 0.4) is 0 Å². The van der Waals surface area contributed by atoms with Crippen molar-refractivity contribution in [1.82, 2.24) is 4.98 Å². The lowest BCUT2D eigenvalue weighted by molar-refractivity contribution is 0.0595. The second-order valence-electron chi connectivity index (χ2n) is 2.29. The van der Waals surface area contributed by atoms with Crippen molar-refractivity contribution in [3.8, 4) is 0 Å². The maximum absolute atomic E-state index is 10.9. The van der Waals surface area contributed by atoms with Crippen LogP contribution in [0.15, 0.2) is 17.2 Å². The van der Waals surface area contributed by atoms with Crippen LogP contribution in [0.25, 0.3) is 0 Å². The van der Waals surface area contributed by atoms with Crippen LogP contribution in [-0.4, -0.2) is 26.5 Å². The van der Waals surface area contributed by atoms with Crippen LogP contribution in [0.5, 0.6) is 0 Å². The molecule has 0 aliphatic carbocycles. The number of aromatic amines is 1. The number of sulfonamides is 1. The fourth-order valence-electron chi connectivity index (χ4n) is 0.767. The summed E-state index contributed by atoms with van der Waals surface area (Å²) in [5, 5.41) is 4.81. The summed E-state index contributed by atoms with van der Waals surface area (Å²) in [6.45, 7) is 0. The van der Waals surface area contributed by atoms with Gasteiger partial charge < -0.3 is 9.72 Å². The first kappa shape index (κ1) is 9.75. The molecule has 0 saturated carbocycles. The molecule has 0 aliphatic heterocycles. The van der Waals surface area contributed by atoms with E-state index in [1.807, 2.05) is 0 Å². The molecule has 1 aromatic heterocycles. The Morgan fingerprint density at radius 1 is 1.62 bits per heavy atom. The quantitative estimate of drug-likeness (QED) is 0.631. The van der Waals surface area contributed by atoms with Crippen LogP contribution in [0.4, 0.5) is 0 Å². The van der Waals surface area contributed by atoms with Crippen molar-refractivity contribution < 1.29 is 17.9 Å². The Morgan fingerprint density at radius 3 is 2.62 bits per heavy atom. The first-order valence-corrected chi connectivity index (χ1v) is 4.79. The monoisotopic (exact) mass is 204 g/mol. The number of H-pyrrole nitrogens is 1. The Bertz CT molecular complexity index is 420. The largest absolute Gasteiger partial charge is 0.464 e. The molecule has 0 unspecified atom stereocenters. The molecular formula is C6H8N2O4S. The van der Waals surface area contributed by atoms with Crippen molar-refractivity contribution in [2.24, 2.45) is 5.14 Å². The van der Waals surface area contributed by atoms with E-state index in [0.29, 0.717) is 0 Å². The normalized spacial score (nSPS) is 11.2. The Labute approximate surface area is 74.7 Å². The van der Waals surface area contributed by atoms with Gasteiger partial charge in [-0.2, -0.15) is 0 Å². The predicted molar refractivity (Wildman–Crippen MR) is 43.5 cm³/mol. The molecule has 3 N–H and O–H groups in total. The number of carbonyl (C=O) groups excluding carboxylic acids is 1. The summed E-state index contributed by atoms with van der Waals surface area (Å²) in [5.41, 5.74) is 0.0477. The standard InChI is InChI=1S/C6H8N2O4S/c1-12-6(9)5-2-4(3-8-5)13(7,10)11/h2-3,8H,1H3,(H2,7,10,11). The molecular weight excluding hydrogens is 196 g/mol. The maximum atomic E-state index is 10.9. The molecule has 0 amide bonds. The topological polar surface area (TPSA) is 102 Å². The number of hydrogen-bond acceptors (Lipinski definition) is 4. The molecule has 6 nitrogen and oxygen atoms in total. The molecule has 1 aromatic rings. The second kappa shape index (κ2) is 3.19. The molecule has 7 heteroatoms. The lowest BCUT2D eigenvalue weighted by Crippen LogP contribution is -2.11. The Kier molecular flexibility index (Phi) is 2.39. The van der Waals surface area contributed by atoms with Crippen molar-refractivity contribution in [3.05, 3.63) is 18.0 Å². The highest BCUT2D eigenvalue weighted by molar-refractivity contribution is 7.89. The average Bonchev–Trinajstić information content (AvgIpc) is 2.50. The SMILES string of the molecule is COC(=O)c1cc(S(N)(=O)=O)c[nH]1. The van der Waals surface area contributed by atoms with Gasteiger partial charge in [0.2, 0.25) is 10.0 Å². The molecule has 0 spiro atoms. The van der Waals surface area contributed by atoms with Gasteiger partial charge in [0, 0.05) is 6.20 Å². The second-order valence-corrected chi connectivity index (χ2v) is 3.85. The number of carbonyl (C=O) groups is 1. The number of aromatic nitrogens is 1. The van der Waals surface area contributed by atoms with Crippen molar-refractivity contribution in [2.75, 3.05) is 7.11 Å². The third-order valence-corrected chi connectivity index (χ3v) is 2.28. The lowest BCUT2D eigenvalue weighted by Gasteiger charge is -1.92. The minimum atomic E-state index is -3.76. The minimum absolute atomic E-state index is 0.0477. The highest BCUT2D eigenvalue weighted by Gasteiger charge is 2.14. The van der Waals surface area contributed by atoms with Gasteiger partial charge in [-0.05, 0) is 6.07 Å². The summed E-state index contributed by atoms with van der Waals surface area (Å²) in [6.07, 6.45) is 1.13. The number of nitrogens with one attached hydrogen (secondary N) is 1. The molecule has 0 bridgehead atoms. The van der Waals surface area contributed by atoms with Crippen molar-refractivity contribution >= 4 is 16.0 Å². The van der Waals surface area contributed by atoms with Gasteiger partial charge >= 0.3 is 5.97 Å². The van der Waals surface area contributed by atoms with E-state index in [1.165, 1.54) is 7.11 Å². The number of primary sulfonamides is 1. The zero-order valence-electron chi connectivity index (χ0n) is 6.77. The van der Waals surface area contributed by atoms with Gasteiger partial charge in [-0.3, -0.25) is 0 Å². The number of hydrogen-bond donors (Lipinski definition) is 2. The predicted octanol–water partition coefficient (Wildman–Crippen LogP) is -0.551. The highest BCUT2D eigenvalue weighted by atomic mass is 32.2. The first-order valence-electron chi connectivity index (χ1n) is 3.24. The van der Waals surface area contributed by atoms with E-state index >= 15 is 0 Å². The first-order chi connectivity index (χ1) is 5.95. The summed E-state index contributed by atoms with van der Waals surface area (Å²) in [6, 6.07) is 1.11. The number of nitrogens with two attached hydrogens (primary N) is 1. The molecule has 72 valence electrons. The van der Waals surface area contributed by atoms with Gasteiger partial charge in [0.1, 0.15) is 10.6 Å². The zero-order chi connectivity index (χ0) is 10.1. The molecule has 0 aromatic carbocycles. The molecule has 0 radical (unpaired) electrons. The van der Waals surface area contributed by atoms with Gasteiger partial charge in [-0.1, -0.05) is 0 Å². The van der Waals surface area contributed by atoms with Gasteiger partial charge in [0.15, 0.2) is 0 Å². The smallest absolute Gasteiger partial charge is 0.354 e. The number of esters is 1. The van der Waals surface area contributed by atoms with Crippen LogP contribution >= 0.6 is 0 Å². The van der Waals surface area contributed by atoms with Gasteiger partial charge in [-0.25, -0.2) is 18.4 Å². The molecule has 13 heavy (non-hydrogen) atoms. The van der Waals surface area contributed by atoms with E-state index in [9.17, 15) is 13.2 Å². The van der Waals surface area contributed by atoms with Crippen molar-refractivity contribution in [3.63, 3.8) is 0 Å². The van der Waals surface area contributed by atoms with E-state index in [2.05, 4.69) is 9.72 Å². The average molecular weight is 204 g/mol. The Hall–Kier alpha value is -1.34. The number of ether oxygens (including phenoxy) is 1. The van der Waals surface area contributed by atoms with Crippen LogP contribution in [0.2, 0.25) is 0 Å². The molecule has 0 aliphatic rings. The van der Waals surface area contributed by atoms with E-state index in [-0.39, 0.29) is 10.6 Å². The molecule has 0 atom stereocenters. The third kappa shape index (κ3) is 2.07. The maximum Gasteiger partial charge on any atom is 0.354 e. The van der Waals surface area contributed by atoms with Crippen molar-refractivity contribution in [1.29, 1.82) is 0 Å². The number of rotatable bonds is 2. The van der Waals surface area contributed by atoms with E-state index in [4.69, 9.17) is 5.14 Å². The zero-order valence-corrected chi connectivity index (χ0v) is 7.59. The highest BCUT2D eigenvalue weighted by Crippen LogP contribution is 2.08. The summed E-state index contributed by atoms with van der Waals surface area (Å²) < 4.78 is 25.9. The van der Waals surface area contributed by atoms with Crippen LogP contribution < -0.4 is 5.14 Å².